The zero-order valence-electron chi connectivity index (χ0n) is 17.9. The number of carbonyl (C=O) groups is 1. The van der Waals surface area contributed by atoms with E-state index in [0.29, 0.717) is 11.3 Å². The van der Waals surface area contributed by atoms with Crippen LogP contribution in [0.1, 0.15) is 46.0 Å². The van der Waals surface area contributed by atoms with Gasteiger partial charge in [0.15, 0.2) is 0 Å². The number of nitrogens with two attached hydrogens (primary N) is 1. The van der Waals surface area contributed by atoms with Crippen LogP contribution in [0, 0.1) is 0 Å². The van der Waals surface area contributed by atoms with Gasteiger partial charge in [0.05, 0.1) is 0 Å². The predicted octanol–water partition coefficient (Wildman–Crippen LogP) is 6.84. The van der Waals surface area contributed by atoms with E-state index in [0.717, 1.165) is 46.4 Å². The Balaban J connectivity index is 1.69. The number of carbonyl (C=O) groups excluding carboxylic acids is 1. The maximum atomic E-state index is 12.4. The van der Waals surface area contributed by atoms with E-state index in [1.807, 2.05) is 30.3 Å². The maximum absolute atomic E-state index is 12.4. The molecule has 0 saturated carbocycles. The lowest BCUT2D eigenvalue weighted by atomic mass is 9.93. The third-order valence-electron chi connectivity index (χ3n) is 5.33. The van der Waals surface area contributed by atoms with Crippen LogP contribution in [-0.2, 0) is 6.42 Å². The standard InChI is InChI=1S/C28H28N2O/c1-5-19(3)24-7-8-25(21(6-2)18-24)17-20(4)22-11-15-27(16-12-22)30-28(31)23-9-13-26(29)14-10-23/h6-16,18H,2-5,17,29H2,1H3,(H,30,31). The van der Waals surface area contributed by atoms with Crippen LogP contribution in [0.2, 0.25) is 0 Å². The third-order valence-corrected chi connectivity index (χ3v) is 5.33. The molecule has 0 saturated heterocycles. The minimum atomic E-state index is -0.170. The lowest BCUT2D eigenvalue weighted by Gasteiger charge is -2.13. The quantitative estimate of drug-likeness (QED) is 0.401. The van der Waals surface area contributed by atoms with E-state index in [-0.39, 0.29) is 5.91 Å². The van der Waals surface area contributed by atoms with Crippen molar-refractivity contribution in [1.29, 1.82) is 0 Å². The van der Waals surface area contributed by atoms with Gasteiger partial charge in [-0.25, -0.2) is 0 Å². The van der Waals surface area contributed by atoms with E-state index >= 15 is 0 Å². The summed E-state index contributed by atoms with van der Waals surface area (Å²) in [5.74, 6) is -0.170. The van der Waals surface area contributed by atoms with Gasteiger partial charge in [-0.3, -0.25) is 4.79 Å². The molecule has 0 bridgehead atoms. The van der Waals surface area contributed by atoms with Gasteiger partial charge in [-0.2, -0.15) is 0 Å². The number of allylic oxidation sites excluding steroid dienone is 2. The molecular formula is C28H28N2O. The van der Waals surface area contributed by atoms with Crippen LogP contribution in [0.4, 0.5) is 11.4 Å². The van der Waals surface area contributed by atoms with Gasteiger partial charge in [0.1, 0.15) is 0 Å². The summed E-state index contributed by atoms with van der Waals surface area (Å²) in [5, 5.41) is 2.90. The van der Waals surface area contributed by atoms with Crippen molar-refractivity contribution in [3.63, 3.8) is 0 Å². The van der Waals surface area contributed by atoms with Crippen molar-refractivity contribution >= 4 is 34.5 Å². The summed E-state index contributed by atoms with van der Waals surface area (Å²) in [4.78, 5) is 12.4. The van der Waals surface area contributed by atoms with Gasteiger partial charge in [0, 0.05) is 16.9 Å². The number of anilines is 2. The van der Waals surface area contributed by atoms with Crippen molar-refractivity contribution in [3.8, 4) is 0 Å². The summed E-state index contributed by atoms with van der Waals surface area (Å²) in [6, 6.07) is 20.9. The number of rotatable bonds is 8. The van der Waals surface area contributed by atoms with Crippen molar-refractivity contribution in [2.24, 2.45) is 0 Å². The molecule has 31 heavy (non-hydrogen) atoms. The number of amides is 1. The molecule has 156 valence electrons. The van der Waals surface area contributed by atoms with Gasteiger partial charge in [0.25, 0.3) is 5.91 Å². The van der Waals surface area contributed by atoms with Gasteiger partial charge in [-0.15, -0.1) is 0 Å². The Labute approximate surface area is 184 Å². The van der Waals surface area contributed by atoms with Gasteiger partial charge in [-0.1, -0.05) is 57.0 Å². The number of hydrogen-bond acceptors (Lipinski definition) is 2. The monoisotopic (exact) mass is 408 g/mol. The molecule has 3 heteroatoms. The lowest BCUT2D eigenvalue weighted by molar-refractivity contribution is 0.102. The fourth-order valence-electron chi connectivity index (χ4n) is 3.33. The molecule has 1 amide bonds. The van der Waals surface area contributed by atoms with Gasteiger partial charge in [0.2, 0.25) is 0 Å². The van der Waals surface area contributed by atoms with Crippen LogP contribution in [0.25, 0.3) is 17.2 Å². The Morgan fingerprint density at radius 2 is 1.52 bits per heavy atom. The molecular weight excluding hydrogens is 380 g/mol. The van der Waals surface area contributed by atoms with Crippen LogP contribution < -0.4 is 11.1 Å². The van der Waals surface area contributed by atoms with E-state index in [4.69, 9.17) is 5.73 Å². The molecule has 0 radical (unpaired) electrons. The molecule has 0 aliphatic carbocycles. The summed E-state index contributed by atoms with van der Waals surface area (Å²) in [6.45, 7) is 14.5. The van der Waals surface area contributed by atoms with E-state index in [2.05, 4.69) is 50.2 Å². The highest BCUT2D eigenvalue weighted by molar-refractivity contribution is 6.04. The van der Waals surface area contributed by atoms with Gasteiger partial charge in [-0.05, 0) is 88.7 Å². The van der Waals surface area contributed by atoms with Crippen molar-refractivity contribution in [2.75, 3.05) is 11.1 Å². The lowest BCUT2D eigenvalue weighted by Crippen LogP contribution is -2.11. The SMILES string of the molecule is C=Cc1cc(C(=C)CC)ccc1CC(=C)c1ccc(NC(=O)c2ccc(N)cc2)cc1. The second-order valence-corrected chi connectivity index (χ2v) is 7.51. The van der Waals surface area contributed by atoms with Crippen molar-refractivity contribution in [3.05, 3.63) is 114 Å². The molecule has 3 rings (SSSR count). The molecule has 0 unspecified atom stereocenters. The molecule has 0 atom stereocenters. The highest BCUT2D eigenvalue weighted by Gasteiger charge is 2.09. The van der Waals surface area contributed by atoms with Crippen LogP contribution in [0.15, 0.2) is 86.5 Å². The number of nitrogen functional groups attached to an aromatic ring is 1. The number of benzene rings is 3. The Morgan fingerprint density at radius 3 is 2.13 bits per heavy atom. The normalized spacial score (nSPS) is 10.4. The number of nitrogens with one attached hydrogen (secondary N) is 1. The van der Waals surface area contributed by atoms with Crippen LogP contribution in [-0.4, -0.2) is 5.91 Å². The van der Waals surface area contributed by atoms with Crippen molar-refractivity contribution < 1.29 is 4.79 Å². The number of hydrogen-bond donors (Lipinski definition) is 2. The summed E-state index contributed by atoms with van der Waals surface area (Å²) >= 11 is 0. The molecule has 0 fully saturated rings. The molecule has 3 aromatic rings. The van der Waals surface area contributed by atoms with Gasteiger partial charge >= 0.3 is 0 Å². The zero-order valence-corrected chi connectivity index (χ0v) is 17.9. The molecule has 3 N–H and O–H groups in total. The minimum absolute atomic E-state index is 0.170. The Hall–Kier alpha value is -3.85. The molecule has 0 aliphatic heterocycles. The van der Waals surface area contributed by atoms with E-state index in [1.165, 1.54) is 5.56 Å². The summed E-state index contributed by atoms with van der Waals surface area (Å²) in [5.41, 5.74) is 14.2. The topological polar surface area (TPSA) is 55.1 Å². The largest absolute Gasteiger partial charge is 0.399 e. The van der Waals surface area contributed by atoms with Gasteiger partial charge < -0.3 is 11.1 Å². The molecule has 0 aliphatic rings. The van der Waals surface area contributed by atoms with Crippen molar-refractivity contribution in [1.82, 2.24) is 0 Å². The fourth-order valence-corrected chi connectivity index (χ4v) is 3.33. The first kappa shape index (κ1) is 21.8. The second-order valence-electron chi connectivity index (χ2n) is 7.51. The Bertz CT molecular complexity index is 1120. The fraction of sp³-hybridized carbons (Fsp3) is 0.107. The Kier molecular flexibility index (Phi) is 6.88. The second kappa shape index (κ2) is 9.77. The van der Waals surface area contributed by atoms with E-state index in [1.54, 1.807) is 24.3 Å². The molecule has 0 spiro atoms. The summed E-state index contributed by atoms with van der Waals surface area (Å²) < 4.78 is 0. The average Bonchev–Trinajstić information content (AvgIpc) is 2.79. The van der Waals surface area contributed by atoms with Crippen LogP contribution in [0.5, 0.6) is 0 Å². The first-order chi connectivity index (χ1) is 14.9. The third kappa shape index (κ3) is 5.40. The summed E-state index contributed by atoms with van der Waals surface area (Å²) in [6.07, 6.45) is 3.52. The van der Waals surface area contributed by atoms with Crippen LogP contribution >= 0.6 is 0 Å². The van der Waals surface area contributed by atoms with Crippen molar-refractivity contribution in [2.45, 2.75) is 19.8 Å². The highest BCUT2D eigenvalue weighted by Crippen LogP contribution is 2.26. The smallest absolute Gasteiger partial charge is 0.255 e. The molecule has 0 aromatic heterocycles. The Morgan fingerprint density at radius 1 is 0.903 bits per heavy atom. The predicted molar refractivity (Wildman–Crippen MR) is 134 cm³/mol. The maximum Gasteiger partial charge on any atom is 0.255 e. The summed E-state index contributed by atoms with van der Waals surface area (Å²) in [7, 11) is 0. The van der Waals surface area contributed by atoms with E-state index in [9.17, 15) is 4.79 Å². The van der Waals surface area contributed by atoms with E-state index < -0.39 is 0 Å². The zero-order chi connectivity index (χ0) is 22.4. The first-order valence-electron chi connectivity index (χ1n) is 10.3. The average molecular weight is 409 g/mol. The molecule has 3 nitrogen and oxygen atoms in total. The minimum Gasteiger partial charge on any atom is -0.399 e. The highest BCUT2D eigenvalue weighted by atomic mass is 16.1. The molecule has 3 aromatic carbocycles. The molecule has 0 heterocycles. The van der Waals surface area contributed by atoms with Crippen LogP contribution in [0.3, 0.4) is 0 Å². The first-order valence-corrected chi connectivity index (χ1v) is 10.3.